The third-order valence-electron chi connectivity index (χ3n) is 5.98. The fourth-order valence-corrected chi connectivity index (χ4v) is 4.21. The van der Waals surface area contributed by atoms with E-state index in [0.29, 0.717) is 39.5 Å². The van der Waals surface area contributed by atoms with Gasteiger partial charge in [0.2, 0.25) is 5.95 Å². The number of aliphatic hydroxyl groups excluding tert-OH is 1. The molecular weight excluding hydrogens is 464 g/mol. The molecule has 1 amide bonds. The number of imidazole rings is 1. The molecule has 4 aromatic rings. The Morgan fingerprint density at radius 3 is 2.33 bits per heavy atom. The molecule has 182 valence electrons. The predicted octanol–water partition coefficient (Wildman–Crippen LogP) is 3.61. The molecule has 2 aromatic carbocycles. The number of benzene rings is 2. The number of methoxy groups -OCH3 is 3. The third-order valence-corrected chi connectivity index (χ3v) is 5.98. The van der Waals surface area contributed by atoms with Gasteiger partial charge in [0.05, 0.1) is 43.6 Å². The van der Waals surface area contributed by atoms with Crippen LogP contribution in [0, 0.1) is 0 Å². The van der Waals surface area contributed by atoms with Gasteiger partial charge in [-0.15, -0.1) is 0 Å². The Hall–Kier alpha value is -4.86. The van der Waals surface area contributed by atoms with Gasteiger partial charge in [-0.05, 0) is 36.4 Å². The highest BCUT2D eigenvalue weighted by atomic mass is 16.5. The number of hydrogen-bond donors (Lipinski definition) is 2. The molecule has 1 saturated heterocycles. The standard InChI is InChI=1S/C26H22N4O6/c1-34-15-9-7-14(8-10-15)23(31)21-22(16-6-4-5-11-27-16)30(25(33)24(21)32)26-28-17-12-19(35-2)20(36-3)13-18(17)29-26/h4-13,22,31H,1-3H3,(H,28,29)/b23-21+. The lowest BCUT2D eigenvalue weighted by atomic mass is 9.98. The maximum Gasteiger partial charge on any atom is 0.302 e. The van der Waals surface area contributed by atoms with Crippen LogP contribution in [-0.4, -0.2) is 53.1 Å². The lowest BCUT2D eigenvalue weighted by Gasteiger charge is -2.22. The number of rotatable bonds is 6. The molecule has 1 unspecified atom stereocenters. The number of anilines is 1. The first-order valence-electron chi connectivity index (χ1n) is 10.9. The molecule has 1 fully saturated rings. The summed E-state index contributed by atoms with van der Waals surface area (Å²) in [6.07, 6.45) is 1.55. The number of ether oxygens (including phenoxy) is 3. The summed E-state index contributed by atoms with van der Waals surface area (Å²) >= 11 is 0. The van der Waals surface area contributed by atoms with E-state index >= 15 is 0 Å². The van der Waals surface area contributed by atoms with Gasteiger partial charge in [-0.25, -0.2) is 4.98 Å². The zero-order valence-corrected chi connectivity index (χ0v) is 19.7. The fraction of sp³-hybridized carbons (Fsp3) is 0.154. The van der Waals surface area contributed by atoms with Gasteiger partial charge in [0, 0.05) is 23.9 Å². The number of nitrogens with one attached hydrogen (secondary N) is 1. The molecule has 2 aromatic heterocycles. The molecule has 0 bridgehead atoms. The summed E-state index contributed by atoms with van der Waals surface area (Å²) in [5.74, 6) is -0.385. The number of hydrogen-bond acceptors (Lipinski definition) is 8. The molecule has 0 aliphatic carbocycles. The lowest BCUT2D eigenvalue weighted by Crippen LogP contribution is -2.30. The molecule has 2 N–H and O–H groups in total. The van der Waals surface area contributed by atoms with Gasteiger partial charge in [-0.1, -0.05) is 6.07 Å². The van der Waals surface area contributed by atoms with E-state index in [2.05, 4.69) is 15.0 Å². The van der Waals surface area contributed by atoms with E-state index in [0.717, 1.165) is 0 Å². The van der Waals surface area contributed by atoms with E-state index in [1.807, 2.05) is 0 Å². The van der Waals surface area contributed by atoms with Gasteiger partial charge in [0.25, 0.3) is 5.78 Å². The number of fused-ring (bicyclic) bond motifs is 1. The monoisotopic (exact) mass is 486 g/mol. The Labute approximate surface area is 205 Å². The van der Waals surface area contributed by atoms with Crippen molar-refractivity contribution in [2.75, 3.05) is 26.2 Å². The number of aromatic amines is 1. The molecule has 1 atom stereocenters. The zero-order chi connectivity index (χ0) is 25.4. The van der Waals surface area contributed by atoms with Crippen LogP contribution in [-0.2, 0) is 9.59 Å². The Bertz CT molecular complexity index is 1450. The Morgan fingerprint density at radius 2 is 1.69 bits per heavy atom. The van der Waals surface area contributed by atoms with Gasteiger partial charge in [-0.2, -0.15) is 0 Å². The quantitative estimate of drug-likeness (QED) is 0.240. The van der Waals surface area contributed by atoms with E-state index < -0.39 is 17.7 Å². The largest absolute Gasteiger partial charge is 0.507 e. The van der Waals surface area contributed by atoms with Crippen LogP contribution in [0.4, 0.5) is 5.95 Å². The van der Waals surface area contributed by atoms with Gasteiger partial charge >= 0.3 is 5.91 Å². The molecule has 3 heterocycles. The van der Waals surface area contributed by atoms with Crippen molar-refractivity contribution in [3.63, 3.8) is 0 Å². The minimum absolute atomic E-state index is 0.0977. The van der Waals surface area contributed by atoms with Crippen molar-refractivity contribution in [2.24, 2.45) is 0 Å². The molecule has 10 heteroatoms. The average molecular weight is 486 g/mol. The highest BCUT2D eigenvalue weighted by Gasteiger charge is 2.48. The summed E-state index contributed by atoms with van der Waals surface area (Å²) in [6, 6.07) is 14.0. The highest BCUT2D eigenvalue weighted by molar-refractivity contribution is 6.51. The Morgan fingerprint density at radius 1 is 0.972 bits per heavy atom. The van der Waals surface area contributed by atoms with Crippen molar-refractivity contribution in [2.45, 2.75) is 6.04 Å². The van der Waals surface area contributed by atoms with Crippen LogP contribution >= 0.6 is 0 Å². The van der Waals surface area contributed by atoms with E-state index in [-0.39, 0.29) is 17.3 Å². The molecule has 1 aliphatic rings. The zero-order valence-electron chi connectivity index (χ0n) is 19.7. The maximum atomic E-state index is 13.3. The van der Waals surface area contributed by atoms with Crippen LogP contribution in [0.25, 0.3) is 16.8 Å². The molecule has 0 saturated carbocycles. The number of nitrogens with zero attached hydrogens (tertiary/aromatic N) is 3. The summed E-state index contributed by atoms with van der Waals surface area (Å²) in [7, 11) is 4.55. The summed E-state index contributed by atoms with van der Waals surface area (Å²) in [6.45, 7) is 0. The SMILES string of the molecule is COc1ccc(/C(O)=C2\C(=O)C(=O)N(c3nc4cc(OC)c(OC)cc4[nH]3)C2c2ccccn2)cc1. The summed E-state index contributed by atoms with van der Waals surface area (Å²) in [4.78, 5) is 39.8. The minimum atomic E-state index is -1.02. The smallest absolute Gasteiger partial charge is 0.302 e. The van der Waals surface area contributed by atoms with Gasteiger partial charge in [0.1, 0.15) is 17.6 Å². The van der Waals surface area contributed by atoms with Crippen LogP contribution < -0.4 is 19.1 Å². The normalized spacial score (nSPS) is 17.0. The second-order valence-electron chi connectivity index (χ2n) is 7.94. The number of ketones is 1. The van der Waals surface area contributed by atoms with Crippen LogP contribution in [0.5, 0.6) is 17.2 Å². The first-order chi connectivity index (χ1) is 17.5. The van der Waals surface area contributed by atoms with Crippen LogP contribution in [0.2, 0.25) is 0 Å². The van der Waals surface area contributed by atoms with Gasteiger partial charge in [0.15, 0.2) is 11.5 Å². The molecule has 36 heavy (non-hydrogen) atoms. The van der Waals surface area contributed by atoms with Crippen molar-refractivity contribution in [3.05, 3.63) is 77.6 Å². The molecule has 0 radical (unpaired) electrons. The lowest BCUT2D eigenvalue weighted by molar-refractivity contribution is -0.132. The Balaban J connectivity index is 1.69. The second-order valence-corrected chi connectivity index (χ2v) is 7.94. The first-order valence-corrected chi connectivity index (χ1v) is 10.9. The number of amides is 1. The van der Waals surface area contributed by atoms with Crippen LogP contribution in [0.15, 0.2) is 66.4 Å². The molecule has 1 aliphatic heterocycles. The molecule has 10 nitrogen and oxygen atoms in total. The minimum Gasteiger partial charge on any atom is -0.507 e. The van der Waals surface area contributed by atoms with E-state index in [1.165, 1.54) is 26.2 Å². The second kappa shape index (κ2) is 9.06. The van der Waals surface area contributed by atoms with Crippen molar-refractivity contribution >= 4 is 34.4 Å². The predicted molar refractivity (Wildman–Crippen MR) is 131 cm³/mol. The van der Waals surface area contributed by atoms with E-state index in [1.54, 1.807) is 60.8 Å². The Kier molecular flexibility index (Phi) is 5.77. The number of aliphatic hydroxyl groups is 1. The summed E-state index contributed by atoms with van der Waals surface area (Å²) < 4.78 is 15.9. The van der Waals surface area contributed by atoms with Gasteiger partial charge < -0.3 is 24.3 Å². The van der Waals surface area contributed by atoms with Gasteiger partial charge in [-0.3, -0.25) is 19.5 Å². The van der Waals surface area contributed by atoms with E-state index in [9.17, 15) is 14.7 Å². The number of H-pyrrole nitrogens is 1. The molecular formula is C26H22N4O6. The topological polar surface area (TPSA) is 127 Å². The van der Waals surface area contributed by atoms with Crippen LogP contribution in [0.3, 0.4) is 0 Å². The maximum absolute atomic E-state index is 13.3. The number of Topliss-reactive ketones (excluding diaryl/α,β-unsaturated/α-hetero) is 1. The summed E-state index contributed by atoms with van der Waals surface area (Å²) in [5, 5.41) is 11.2. The van der Waals surface area contributed by atoms with Crippen molar-refractivity contribution in [1.82, 2.24) is 15.0 Å². The van der Waals surface area contributed by atoms with Crippen molar-refractivity contribution < 1.29 is 28.9 Å². The molecule has 5 rings (SSSR count). The fourth-order valence-electron chi connectivity index (χ4n) is 4.21. The molecule has 0 spiro atoms. The summed E-state index contributed by atoms with van der Waals surface area (Å²) in [5.41, 5.74) is 1.72. The van der Waals surface area contributed by atoms with Crippen molar-refractivity contribution in [3.8, 4) is 17.2 Å². The number of carbonyl (C=O) groups excluding carboxylic acids is 2. The average Bonchev–Trinajstić information content (AvgIpc) is 3.45. The number of pyridine rings is 1. The van der Waals surface area contributed by atoms with Crippen LogP contribution in [0.1, 0.15) is 17.3 Å². The first kappa shape index (κ1) is 22.9. The highest BCUT2D eigenvalue weighted by Crippen LogP contribution is 2.42. The van der Waals surface area contributed by atoms with E-state index in [4.69, 9.17) is 14.2 Å². The third kappa shape index (κ3) is 3.68. The van der Waals surface area contributed by atoms with Crippen molar-refractivity contribution in [1.29, 1.82) is 0 Å². The number of carbonyl (C=O) groups is 2. The number of aromatic nitrogens is 3.